The summed E-state index contributed by atoms with van der Waals surface area (Å²) in [6.45, 7) is 2.78. The first-order chi connectivity index (χ1) is 15.9. The summed E-state index contributed by atoms with van der Waals surface area (Å²) in [6, 6.07) is 0. The average Bonchev–Trinajstić information content (AvgIpc) is 3.37. The van der Waals surface area contributed by atoms with Crippen LogP contribution >= 0.6 is 23.4 Å². The molecule has 3 aromatic rings. The Hall–Kier alpha value is -3.05. The minimum Gasteiger partial charge on any atom is -0.440 e. The molecule has 0 aromatic carbocycles. The van der Waals surface area contributed by atoms with E-state index in [4.69, 9.17) is 34.6 Å². The van der Waals surface area contributed by atoms with Crippen LogP contribution in [0.15, 0.2) is 31.2 Å². The molecule has 0 saturated heterocycles. The van der Waals surface area contributed by atoms with E-state index in [2.05, 4.69) is 15.0 Å². The lowest BCUT2D eigenvalue weighted by Gasteiger charge is -2.12. The SMILES string of the molecule is Cc1cncc(Cl)c1CSc1nc2c(c(OCOC(=O)OCc3oc(=O)oc3C)n1)CCC2. The highest BCUT2D eigenvalue weighted by Crippen LogP contribution is 2.32. The number of aromatic nitrogens is 3. The molecule has 0 radical (unpaired) electrons. The van der Waals surface area contributed by atoms with Gasteiger partial charge in [-0.05, 0) is 44.2 Å². The van der Waals surface area contributed by atoms with E-state index in [-0.39, 0.29) is 18.1 Å². The van der Waals surface area contributed by atoms with E-state index in [1.54, 1.807) is 12.4 Å². The summed E-state index contributed by atoms with van der Waals surface area (Å²) in [4.78, 5) is 36.1. The molecule has 33 heavy (non-hydrogen) atoms. The monoisotopic (exact) mass is 493 g/mol. The summed E-state index contributed by atoms with van der Waals surface area (Å²) in [7, 11) is 0. The number of hydrogen-bond donors (Lipinski definition) is 0. The van der Waals surface area contributed by atoms with E-state index in [1.807, 2.05) is 6.92 Å². The molecule has 0 bridgehead atoms. The predicted molar refractivity (Wildman–Crippen MR) is 116 cm³/mol. The van der Waals surface area contributed by atoms with Crippen molar-refractivity contribution >= 4 is 29.5 Å². The first kappa shape index (κ1) is 23.1. The molecule has 0 N–H and O–H groups in total. The molecule has 4 rings (SSSR count). The Bertz CT molecular complexity index is 1210. The minimum absolute atomic E-state index is 0.109. The summed E-state index contributed by atoms with van der Waals surface area (Å²) in [5.41, 5.74) is 3.79. The van der Waals surface area contributed by atoms with Crippen LogP contribution in [0.3, 0.4) is 0 Å². The summed E-state index contributed by atoms with van der Waals surface area (Å²) < 4.78 is 24.9. The number of carbonyl (C=O) groups is 1. The predicted octanol–water partition coefficient (Wildman–Crippen LogP) is 4.16. The maximum Gasteiger partial charge on any atom is 0.519 e. The van der Waals surface area contributed by atoms with Crippen molar-refractivity contribution in [1.82, 2.24) is 15.0 Å². The van der Waals surface area contributed by atoms with Gasteiger partial charge in [0.25, 0.3) is 0 Å². The molecule has 3 aromatic heterocycles. The van der Waals surface area contributed by atoms with Gasteiger partial charge in [0.15, 0.2) is 23.3 Å². The molecule has 174 valence electrons. The van der Waals surface area contributed by atoms with Gasteiger partial charge < -0.3 is 23.0 Å². The number of carbonyl (C=O) groups excluding carboxylic acids is 1. The number of fused-ring (bicyclic) bond motifs is 1. The number of ether oxygens (including phenoxy) is 3. The lowest BCUT2D eigenvalue weighted by molar-refractivity contribution is -0.00354. The molecule has 0 aliphatic heterocycles. The van der Waals surface area contributed by atoms with Crippen LogP contribution in [0, 0.1) is 13.8 Å². The van der Waals surface area contributed by atoms with Crippen molar-refractivity contribution in [2.24, 2.45) is 0 Å². The molecule has 3 heterocycles. The molecule has 0 unspecified atom stereocenters. The Kier molecular flexibility index (Phi) is 7.19. The van der Waals surface area contributed by atoms with Gasteiger partial charge in [-0.3, -0.25) is 4.98 Å². The van der Waals surface area contributed by atoms with Crippen LogP contribution in [-0.4, -0.2) is 27.9 Å². The third-order valence-corrected chi connectivity index (χ3v) is 6.17. The van der Waals surface area contributed by atoms with Crippen LogP contribution in [0.5, 0.6) is 5.88 Å². The fourth-order valence-corrected chi connectivity index (χ4v) is 4.57. The highest BCUT2D eigenvalue weighted by molar-refractivity contribution is 7.98. The zero-order valence-electron chi connectivity index (χ0n) is 17.9. The van der Waals surface area contributed by atoms with Crippen LogP contribution in [0.4, 0.5) is 4.79 Å². The quantitative estimate of drug-likeness (QED) is 0.194. The third kappa shape index (κ3) is 5.66. The highest BCUT2D eigenvalue weighted by Gasteiger charge is 2.22. The van der Waals surface area contributed by atoms with Crippen molar-refractivity contribution in [1.29, 1.82) is 0 Å². The van der Waals surface area contributed by atoms with Crippen LogP contribution in [0.1, 0.15) is 40.3 Å². The summed E-state index contributed by atoms with van der Waals surface area (Å²) in [6.07, 6.45) is 4.95. The lowest BCUT2D eigenvalue weighted by Crippen LogP contribution is -2.14. The van der Waals surface area contributed by atoms with Crippen LogP contribution < -0.4 is 10.6 Å². The topological polar surface area (TPSA) is 127 Å². The maximum absolute atomic E-state index is 11.8. The second-order valence-corrected chi connectivity index (χ2v) is 8.52. The van der Waals surface area contributed by atoms with E-state index < -0.39 is 18.8 Å². The number of thioether (sulfide) groups is 1. The van der Waals surface area contributed by atoms with Crippen molar-refractivity contribution < 1.29 is 27.8 Å². The van der Waals surface area contributed by atoms with Gasteiger partial charge in [0, 0.05) is 23.7 Å². The van der Waals surface area contributed by atoms with Gasteiger partial charge in [-0.15, -0.1) is 0 Å². The van der Waals surface area contributed by atoms with E-state index in [0.29, 0.717) is 21.8 Å². The van der Waals surface area contributed by atoms with Gasteiger partial charge in [-0.25, -0.2) is 14.6 Å². The van der Waals surface area contributed by atoms with Gasteiger partial charge in [-0.2, -0.15) is 4.98 Å². The number of nitrogens with zero attached hydrogens (tertiary/aromatic N) is 3. The molecule has 0 fully saturated rings. The van der Waals surface area contributed by atoms with E-state index >= 15 is 0 Å². The van der Waals surface area contributed by atoms with Gasteiger partial charge >= 0.3 is 12.0 Å². The first-order valence-electron chi connectivity index (χ1n) is 10.0. The largest absolute Gasteiger partial charge is 0.519 e. The summed E-state index contributed by atoms with van der Waals surface area (Å²) >= 11 is 7.70. The number of halogens is 1. The average molecular weight is 494 g/mol. The fourth-order valence-electron chi connectivity index (χ4n) is 3.24. The van der Waals surface area contributed by atoms with E-state index in [9.17, 15) is 9.59 Å². The molecule has 0 amide bonds. The Labute approximate surface area is 197 Å². The Morgan fingerprint density at radius 3 is 2.79 bits per heavy atom. The molecule has 12 heteroatoms. The van der Waals surface area contributed by atoms with E-state index in [0.717, 1.165) is 41.6 Å². The number of aryl methyl sites for hydroxylation is 3. The minimum atomic E-state index is -0.985. The zero-order chi connectivity index (χ0) is 23.4. The Morgan fingerprint density at radius 1 is 1.18 bits per heavy atom. The second kappa shape index (κ2) is 10.3. The molecular formula is C21H20ClN3O7S. The molecule has 1 aliphatic carbocycles. The number of rotatable bonds is 8. The molecule has 0 spiro atoms. The zero-order valence-corrected chi connectivity index (χ0v) is 19.5. The smallest absolute Gasteiger partial charge is 0.440 e. The van der Waals surface area contributed by atoms with Crippen LogP contribution in [-0.2, 0) is 34.7 Å². The first-order valence-corrected chi connectivity index (χ1v) is 11.4. The molecule has 0 atom stereocenters. The standard InChI is InChI=1S/C21H20ClN3O7S/c1-11-6-23-7-15(22)14(11)9-33-19-24-16-5-3-4-13(16)18(25-19)29-10-30-20(26)28-8-17-12(2)31-21(27)32-17/h6-7H,3-5,8-10H2,1-2H3. The Morgan fingerprint density at radius 2 is 2.03 bits per heavy atom. The highest BCUT2D eigenvalue weighted by atomic mass is 35.5. The normalized spacial score (nSPS) is 12.5. The van der Waals surface area contributed by atoms with Crippen molar-refractivity contribution in [3.63, 3.8) is 0 Å². The van der Waals surface area contributed by atoms with Gasteiger partial charge in [0.1, 0.15) is 0 Å². The van der Waals surface area contributed by atoms with Crippen molar-refractivity contribution in [2.45, 2.75) is 50.6 Å². The van der Waals surface area contributed by atoms with Gasteiger partial charge in [-0.1, -0.05) is 23.4 Å². The van der Waals surface area contributed by atoms with Gasteiger partial charge in [0.05, 0.1) is 10.7 Å². The van der Waals surface area contributed by atoms with E-state index in [1.165, 1.54) is 18.7 Å². The van der Waals surface area contributed by atoms with Gasteiger partial charge in [0.2, 0.25) is 12.7 Å². The maximum atomic E-state index is 11.8. The molecular weight excluding hydrogens is 474 g/mol. The van der Waals surface area contributed by atoms with Crippen molar-refractivity contribution in [2.75, 3.05) is 6.79 Å². The summed E-state index contributed by atoms with van der Waals surface area (Å²) in [5.74, 6) is 0.432. The third-order valence-electron chi connectivity index (χ3n) is 4.97. The molecule has 10 nitrogen and oxygen atoms in total. The second-order valence-electron chi connectivity index (χ2n) is 7.17. The fraction of sp³-hybridized carbons (Fsp3) is 0.381. The van der Waals surface area contributed by atoms with Crippen LogP contribution in [0.2, 0.25) is 5.02 Å². The lowest BCUT2D eigenvalue weighted by atomic mass is 10.2. The summed E-state index contributed by atoms with van der Waals surface area (Å²) in [5, 5.41) is 1.14. The van der Waals surface area contributed by atoms with Crippen LogP contribution in [0.25, 0.3) is 0 Å². The number of pyridine rings is 1. The van der Waals surface area contributed by atoms with Crippen molar-refractivity contribution in [3.05, 3.63) is 61.9 Å². The Balaban J connectivity index is 1.35. The number of hydrogen-bond acceptors (Lipinski definition) is 11. The van der Waals surface area contributed by atoms with Crippen molar-refractivity contribution in [3.8, 4) is 5.88 Å². The molecule has 0 saturated carbocycles. The molecule has 1 aliphatic rings.